The third kappa shape index (κ3) is 2.49. The highest BCUT2D eigenvalue weighted by molar-refractivity contribution is 6.36. The molecule has 1 saturated heterocycles. The second kappa shape index (κ2) is 4.77. The van der Waals surface area contributed by atoms with Crippen LogP contribution < -0.4 is 4.90 Å². The quantitative estimate of drug-likeness (QED) is 0.762. The Morgan fingerprint density at radius 3 is 2.87 bits per heavy atom. The Kier molecular flexibility index (Phi) is 3.60. The van der Waals surface area contributed by atoms with Gasteiger partial charge in [-0.2, -0.15) is 0 Å². The summed E-state index contributed by atoms with van der Waals surface area (Å²) in [6.07, 6.45) is 2.72. The Bertz CT molecular complexity index is 357. The third-order valence-electron chi connectivity index (χ3n) is 2.59. The minimum atomic E-state index is 0.542. The number of anilines is 1. The maximum atomic E-state index is 6.08. The molecule has 1 aromatic heterocycles. The lowest BCUT2D eigenvalue weighted by atomic mass is 10.2. The van der Waals surface area contributed by atoms with E-state index in [9.17, 15) is 0 Å². The van der Waals surface area contributed by atoms with Crippen LogP contribution in [0.15, 0.2) is 12.3 Å². The molecule has 0 radical (unpaired) electrons. The average molecular weight is 266 g/mol. The van der Waals surface area contributed by atoms with E-state index < -0.39 is 0 Å². The second-order valence-corrected chi connectivity index (χ2v) is 4.87. The van der Waals surface area contributed by atoms with E-state index in [2.05, 4.69) is 9.88 Å². The lowest BCUT2D eigenvalue weighted by molar-refractivity contribution is 0.666. The highest BCUT2D eigenvalue weighted by atomic mass is 35.5. The summed E-state index contributed by atoms with van der Waals surface area (Å²) in [5, 5.41) is 1.18. The summed E-state index contributed by atoms with van der Waals surface area (Å²) < 4.78 is 0. The zero-order valence-corrected chi connectivity index (χ0v) is 10.4. The molecule has 0 bridgehead atoms. The van der Waals surface area contributed by atoms with Crippen molar-refractivity contribution in [2.24, 2.45) is 5.92 Å². The van der Waals surface area contributed by atoms with Crippen LogP contribution in [-0.2, 0) is 0 Å². The first-order valence-electron chi connectivity index (χ1n) is 4.82. The van der Waals surface area contributed by atoms with E-state index in [1.54, 1.807) is 12.3 Å². The van der Waals surface area contributed by atoms with E-state index >= 15 is 0 Å². The third-order valence-corrected chi connectivity index (χ3v) is 3.51. The molecule has 1 aromatic rings. The molecular formula is C10H11Cl3N2. The Balaban J connectivity index is 2.17. The Morgan fingerprint density at radius 1 is 1.47 bits per heavy atom. The number of rotatable bonds is 2. The molecule has 1 aliphatic heterocycles. The summed E-state index contributed by atoms with van der Waals surface area (Å²) >= 11 is 17.7. The van der Waals surface area contributed by atoms with Gasteiger partial charge >= 0.3 is 0 Å². The van der Waals surface area contributed by atoms with Crippen molar-refractivity contribution in [1.82, 2.24) is 4.98 Å². The molecule has 0 N–H and O–H groups in total. The van der Waals surface area contributed by atoms with Crippen LogP contribution in [0.3, 0.4) is 0 Å². The van der Waals surface area contributed by atoms with E-state index in [1.807, 2.05) is 0 Å². The molecule has 0 amide bonds. The lowest BCUT2D eigenvalue weighted by Crippen LogP contribution is -2.21. The number of nitrogens with zero attached hydrogens (tertiary/aromatic N) is 2. The predicted octanol–water partition coefficient (Wildman–Crippen LogP) is 3.45. The Morgan fingerprint density at radius 2 is 2.27 bits per heavy atom. The maximum absolute atomic E-state index is 6.08. The molecule has 15 heavy (non-hydrogen) atoms. The number of hydrogen-bond donors (Lipinski definition) is 0. The van der Waals surface area contributed by atoms with E-state index in [0.717, 1.165) is 25.3 Å². The van der Waals surface area contributed by atoms with E-state index in [1.165, 1.54) is 0 Å². The number of hydrogen-bond acceptors (Lipinski definition) is 2. The van der Waals surface area contributed by atoms with Crippen molar-refractivity contribution in [2.45, 2.75) is 6.42 Å². The van der Waals surface area contributed by atoms with Crippen LogP contribution >= 0.6 is 34.8 Å². The van der Waals surface area contributed by atoms with Crippen LogP contribution in [0.2, 0.25) is 10.0 Å². The van der Waals surface area contributed by atoms with Crippen molar-refractivity contribution in [3.8, 4) is 0 Å². The molecule has 82 valence electrons. The number of aromatic nitrogens is 1. The van der Waals surface area contributed by atoms with Gasteiger partial charge in [0.1, 0.15) is 5.82 Å². The molecule has 0 aliphatic carbocycles. The summed E-state index contributed by atoms with van der Waals surface area (Å²) in [5.74, 6) is 2.05. The first-order chi connectivity index (χ1) is 7.20. The van der Waals surface area contributed by atoms with Gasteiger partial charge in [0.15, 0.2) is 0 Å². The standard InChI is InChI=1S/C10H11Cl3N2/c11-4-7-1-2-15(6-7)10-9(13)3-8(12)5-14-10/h3,5,7H,1-2,4,6H2. The zero-order chi connectivity index (χ0) is 10.8. The predicted molar refractivity (Wildman–Crippen MR) is 65.3 cm³/mol. The average Bonchev–Trinajstić information content (AvgIpc) is 2.66. The van der Waals surface area contributed by atoms with Crippen molar-refractivity contribution < 1.29 is 0 Å². The van der Waals surface area contributed by atoms with Crippen LogP contribution in [0.4, 0.5) is 5.82 Å². The second-order valence-electron chi connectivity index (χ2n) is 3.71. The number of alkyl halides is 1. The van der Waals surface area contributed by atoms with Crippen molar-refractivity contribution in [2.75, 3.05) is 23.9 Å². The molecule has 0 saturated carbocycles. The molecule has 2 heterocycles. The summed E-state index contributed by atoms with van der Waals surface area (Å²) in [4.78, 5) is 6.41. The minimum Gasteiger partial charge on any atom is -0.355 e. The van der Waals surface area contributed by atoms with Crippen molar-refractivity contribution in [3.63, 3.8) is 0 Å². The van der Waals surface area contributed by atoms with Crippen molar-refractivity contribution in [1.29, 1.82) is 0 Å². The van der Waals surface area contributed by atoms with Crippen LogP contribution in [-0.4, -0.2) is 24.0 Å². The zero-order valence-electron chi connectivity index (χ0n) is 8.09. The van der Waals surface area contributed by atoms with Gasteiger partial charge in [-0.05, 0) is 18.4 Å². The fourth-order valence-electron chi connectivity index (χ4n) is 1.79. The maximum Gasteiger partial charge on any atom is 0.147 e. The summed E-state index contributed by atoms with van der Waals surface area (Å²) in [6, 6.07) is 1.72. The first-order valence-corrected chi connectivity index (χ1v) is 6.11. The topological polar surface area (TPSA) is 16.1 Å². The first kappa shape index (κ1) is 11.3. The number of pyridine rings is 1. The molecule has 0 aromatic carbocycles. The van der Waals surface area contributed by atoms with Crippen molar-refractivity contribution in [3.05, 3.63) is 22.3 Å². The Labute approximate surface area is 104 Å². The van der Waals surface area contributed by atoms with Gasteiger partial charge in [-0.25, -0.2) is 4.98 Å². The summed E-state index contributed by atoms with van der Waals surface area (Å²) in [6.45, 7) is 1.89. The van der Waals surface area contributed by atoms with Gasteiger partial charge in [-0.1, -0.05) is 23.2 Å². The molecule has 1 aliphatic rings. The Hall–Kier alpha value is -0.180. The van der Waals surface area contributed by atoms with Gasteiger partial charge < -0.3 is 4.90 Å². The van der Waals surface area contributed by atoms with E-state index in [0.29, 0.717) is 21.8 Å². The monoisotopic (exact) mass is 264 g/mol. The van der Waals surface area contributed by atoms with Crippen LogP contribution in [0.25, 0.3) is 0 Å². The van der Waals surface area contributed by atoms with Gasteiger partial charge in [0.2, 0.25) is 0 Å². The smallest absolute Gasteiger partial charge is 0.147 e. The van der Waals surface area contributed by atoms with Crippen LogP contribution in [0.5, 0.6) is 0 Å². The fourth-order valence-corrected chi connectivity index (χ4v) is 2.54. The molecule has 5 heteroatoms. The lowest BCUT2D eigenvalue weighted by Gasteiger charge is -2.18. The van der Waals surface area contributed by atoms with Gasteiger partial charge in [-0.15, -0.1) is 11.6 Å². The van der Waals surface area contributed by atoms with Gasteiger partial charge in [0.05, 0.1) is 10.0 Å². The fraction of sp³-hybridized carbons (Fsp3) is 0.500. The SMILES string of the molecule is ClCC1CCN(c2ncc(Cl)cc2Cl)C1. The van der Waals surface area contributed by atoms with E-state index in [-0.39, 0.29) is 0 Å². The van der Waals surface area contributed by atoms with Crippen LogP contribution in [0.1, 0.15) is 6.42 Å². The molecule has 0 spiro atoms. The largest absolute Gasteiger partial charge is 0.355 e. The normalized spacial score (nSPS) is 21.0. The molecule has 2 nitrogen and oxygen atoms in total. The molecule has 2 rings (SSSR count). The van der Waals surface area contributed by atoms with Gasteiger partial charge in [-0.3, -0.25) is 0 Å². The highest BCUT2D eigenvalue weighted by Crippen LogP contribution is 2.30. The van der Waals surface area contributed by atoms with Gasteiger partial charge in [0.25, 0.3) is 0 Å². The summed E-state index contributed by atoms with van der Waals surface area (Å²) in [7, 11) is 0. The van der Waals surface area contributed by atoms with Crippen LogP contribution in [0, 0.1) is 5.92 Å². The minimum absolute atomic E-state index is 0.542. The molecular weight excluding hydrogens is 254 g/mol. The molecule has 1 atom stereocenters. The van der Waals surface area contributed by atoms with Crippen molar-refractivity contribution >= 4 is 40.6 Å². The highest BCUT2D eigenvalue weighted by Gasteiger charge is 2.24. The molecule has 1 unspecified atom stereocenters. The summed E-state index contributed by atoms with van der Waals surface area (Å²) in [5.41, 5.74) is 0. The van der Waals surface area contributed by atoms with Gasteiger partial charge in [0, 0.05) is 25.2 Å². The molecule has 1 fully saturated rings. The number of halogens is 3. The van der Waals surface area contributed by atoms with E-state index in [4.69, 9.17) is 34.8 Å².